The Kier molecular flexibility index (Phi) is 5.21. The molecule has 0 spiro atoms. The summed E-state index contributed by atoms with van der Waals surface area (Å²) in [5.74, 6) is 0. The lowest BCUT2D eigenvalue weighted by atomic mass is 10.0. The Morgan fingerprint density at radius 2 is 0.958 bits per heavy atom. The first-order chi connectivity index (χ1) is 11.5. The third kappa shape index (κ3) is 3.22. The molecule has 0 radical (unpaired) electrons. The van der Waals surface area contributed by atoms with Crippen LogP contribution in [0.3, 0.4) is 0 Å². The minimum Gasteiger partial charge on any atom is -0.192 e. The molecule has 2 aromatic rings. The van der Waals surface area contributed by atoms with Crippen molar-refractivity contribution in [3.63, 3.8) is 0 Å². The molecular formula is C18H6Cl2N4. The first-order valence-electron chi connectivity index (χ1n) is 6.50. The molecule has 0 aliphatic heterocycles. The van der Waals surface area contributed by atoms with Gasteiger partial charge in [0.25, 0.3) is 0 Å². The highest BCUT2D eigenvalue weighted by Gasteiger charge is 2.10. The van der Waals surface area contributed by atoms with Gasteiger partial charge in [0.15, 0.2) is 0 Å². The van der Waals surface area contributed by atoms with E-state index in [4.69, 9.17) is 44.2 Å². The SMILES string of the molecule is N#CC(C#N)=C(Cl)c1ccc2cc(C(Cl)=C(C#N)C#N)ccc2c1. The molecule has 0 heterocycles. The number of benzene rings is 2. The largest absolute Gasteiger partial charge is 0.192 e. The molecule has 0 fully saturated rings. The topological polar surface area (TPSA) is 95.2 Å². The summed E-state index contributed by atoms with van der Waals surface area (Å²) in [6, 6.07) is 17.3. The molecule has 0 aliphatic carbocycles. The summed E-state index contributed by atoms with van der Waals surface area (Å²) in [6.45, 7) is 0. The van der Waals surface area contributed by atoms with Crippen LogP contribution in [0.2, 0.25) is 0 Å². The van der Waals surface area contributed by atoms with Gasteiger partial charge in [0.05, 0.1) is 10.1 Å². The van der Waals surface area contributed by atoms with E-state index < -0.39 is 0 Å². The molecule has 0 N–H and O–H groups in total. The third-order valence-corrected chi connectivity index (χ3v) is 4.05. The van der Waals surface area contributed by atoms with E-state index >= 15 is 0 Å². The molecule has 2 rings (SSSR count). The predicted octanol–water partition coefficient (Wildman–Crippen LogP) is 4.83. The highest BCUT2D eigenvalue weighted by molar-refractivity contribution is 6.50. The number of rotatable bonds is 2. The summed E-state index contributed by atoms with van der Waals surface area (Å²) in [5, 5.41) is 37.3. The van der Waals surface area contributed by atoms with Crippen molar-refractivity contribution in [2.24, 2.45) is 0 Å². The second-order valence-electron chi connectivity index (χ2n) is 4.60. The number of hydrogen-bond donors (Lipinski definition) is 0. The summed E-state index contributed by atoms with van der Waals surface area (Å²) in [5.41, 5.74) is 0.774. The van der Waals surface area contributed by atoms with Gasteiger partial charge < -0.3 is 0 Å². The fourth-order valence-electron chi connectivity index (χ4n) is 2.05. The summed E-state index contributed by atoms with van der Waals surface area (Å²) >= 11 is 12.1. The molecule has 0 aromatic heterocycles. The van der Waals surface area contributed by atoms with Crippen molar-refractivity contribution in [2.45, 2.75) is 0 Å². The fraction of sp³-hybridized carbons (Fsp3) is 0. The third-order valence-electron chi connectivity index (χ3n) is 3.23. The lowest BCUT2D eigenvalue weighted by molar-refractivity contribution is 1.46. The standard InChI is InChI=1S/C18H6Cl2N4/c19-17(15(7-21)8-22)13-3-1-11-5-14(4-2-12(11)6-13)18(20)16(9-23)10-24/h1-6H. The van der Waals surface area contributed by atoms with Crippen LogP contribution in [0.1, 0.15) is 11.1 Å². The molecule has 0 saturated heterocycles. The Morgan fingerprint density at radius 1 is 0.625 bits per heavy atom. The van der Waals surface area contributed by atoms with Crippen LogP contribution in [0, 0.1) is 45.3 Å². The van der Waals surface area contributed by atoms with E-state index in [0.717, 1.165) is 10.8 Å². The van der Waals surface area contributed by atoms with Gasteiger partial charge in [-0.2, -0.15) is 21.0 Å². The van der Waals surface area contributed by atoms with Crippen molar-refractivity contribution in [1.82, 2.24) is 0 Å². The van der Waals surface area contributed by atoms with Crippen molar-refractivity contribution in [2.75, 3.05) is 0 Å². The van der Waals surface area contributed by atoms with Crippen molar-refractivity contribution < 1.29 is 0 Å². The minimum absolute atomic E-state index is 0.0835. The number of fused-ring (bicyclic) bond motifs is 1. The van der Waals surface area contributed by atoms with Crippen LogP contribution in [0.4, 0.5) is 0 Å². The van der Waals surface area contributed by atoms with Gasteiger partial charge in [-0.1, -0.05) is 47.5 Å². The number of hydrogen-bond acceptors (Lipinski definition) is 4. The van der Waals surface area contributed by atoms with Crippen molar-refractivity contribution >= 4 is 44.0 Å². The van der Waals surface area contributed by atoms with E-state index in [1.54, 1.807) is 60.7 Å². The maximum absolute atomic E-state index is 8.88. The molecule has 0 aliphatic rings. The summed E-state index contributed by atoms with van der Waals surface area (Å²) in [6.07, 6.45) is 0. The molecule has 0 unspecified atom stereocenters. The lowest BCUT2D eigenvalue weighted by Crippen LogP contribution is -1.86. The van der Waals surface area contributed by atoms with Crippen molar-refractivity contribution in [1.29, 1.82) is 21.0 Å². The highest BCUT2D eigenvalue weighted by atomic mass is 35.5. The van der Waals surface area contributed by atoms with Crippen LogP contribution < -0.4 is 0 Å². The zero-order chi connectivity index (χ0) is 17.7. The van der Waals surface area contributed by atoms with Crippen LogP contribution in [0.25, 0.3) is 20.8 Å². The Hall–Kier alpha value is -3.28. The molecule has 4 nitrogen and oxygen atoms in total. The number of allylic oxidation sites excluding steroid dienone is 2. The first kappa shape index (κ1) is 17.1. The average molecular weight is 349 g/mol. The molecule has 112 valence electrons. The predicted molar refractivity (Wildman–Crippen MR) is 91.9 cm³/mol. The van der Waals surface area contributed by atoms with E-state index in [0.29, 0.717) is 11.1 Å². The zero-order valence-corrected chi connectivity index (χ0v) is 13.5. The molecule has 0 saturated carbocycles. The van der Waals surface area contributed by atoms with Crippen LogP contribution >= 0.6 is 23.2 Å². The van der Waals surface area contributed by atoms with Crippen LogP contribution in [0.15, 0.2) is 47.5 Å². The van der Waals surface area contributed by atoms with Crippen LogP contribution in [-0.4, -0.2) is 0 Å². The zero-order valence-electron chi connectivity index (χ0n) is 12.0. The van der Waals surface area contributed by atoms with Gasteiger partial charge in [0.1, 0.15) is 35.4 Å². The van der Waals surface area contributed by atoms with Crippen molar-refractivity contribution in [3.05, 3.63) is 58.7 Å². The van der Waals surface area contributed by atoms with Gasteiger partial charge in [-0.25, -0.2) is 0 Å². The Labute approximate surface area is 148 Å². The molecular weight excluding hydrogens is 343 g/mol. The monoisotopic (exact) mass is 348 g/mol. The van der Waals surface area contributed by atoms with E-state index in [2.05, 4.69) is 0 Å². The normalized spacial score (nSPS) is 9.08. The molecule has 24 heavy (non-hydrogen) atoms. The maximum atomic E-state index is 8.88. The average Bonchev–Trinajstić information content (AvgIpc) is 2.62. The summed E-state index contributed by atoms with van der Waals surface area (Å²) < 4.78 is 0. The van der Waals surface area contributed by atoms with E-state index in [1.807, 2.05) is 0 Å². The summed E-state index contributed by atoms with van der Waals surface area (Å²) in [4.78, 5) is 0. The van der Waals surface area contributed by atoms with E-state index in [-0.39, 0.29) is 21.2 Å². The second kappa shape index (κ2) is 7.32. The Bertz CT molecular complexity index is 948. The smallest absolute Gasteiger partial charge is 0.148 e. The van der Waals surface area contributed by atoms with E-state index in [9.17, 15) is 0 Å². The number of nitriles is 4. The minimum atomic E-state index is -0.161. The van der Waals surface area contributed by atoms with Gasteiger partial charge in [-0.05, 0) is 34.0 Å². The molecule has 0 bridgehead atoms. The fourth-order valence-corrected chi connectivity index (χ4v) is 2.46. The van der Waals surface area contributed by atoms with Gasteiger partial charge in [-0.3, -0.25) is 0 Å². The maximum Gasteiger partial charge on any atom is 0.148 e. The quantitative estimate of drug-likeness (QED) is 0.725. The van der Waals surface area contributed by atoms with Crippen LogP contribution in [0.5, 0.6) is 0 Å². The van der Waals surface area contributed by atoms with Gasteiger partial charge >= 0.3 is 0 Å². The van der Waals surface area contributed by atoms with Crippen molar-refractivity contribution in [3.8, 4) is 24.3 Å². The Morgan fingerprint density at radius 3 is 1.25 bits per heavy atom. The van der Waals surface area contributed by atoms with Gasteiger partial charge in [0.2, 0.25) is 0 Å². The van der Waals surface area contributed by atoms with Gasteiger partial charge in [-0.15, -0.1) is 0 Å². The summed E-state index contributed by atoms with van der Waals surface area (Å²) in [7, 11) is 0. The van der Waals surface area contributed by atoms with Gasteiger partial charge in [0, 0.05) is 0 Å². The Balaban J connectivity index is 2.60. The second-order valence-corrected chi connectivity index (χ2v) is 5.36. The molecule has 0 atom stereocenters. The van der Waals surface area contributed by atoms with Crippen LogP contribution in [-0.2, 0) is 0 Å². The molecule has 2 aromatic carbocycles. The molecule has 0 amide bonds. The number of nitrogens with zero attached hydrogens (tertiary/aromatic N) is 4. The lowest BCUT2D eigenvalue weighted by Gasteiger charge is -2.06. The highest BCUT2D eigenvalue weighted by Crippen LogP contribution is 2.30. The van der Waals surface area contributed by atoms with E-state index in [1.165, 1.54) is 0 Å². The number of halogens is 2. The molecule has 6 heteroatoms. The first-order valence-corrected chi connectivity index (χ1v) is 7.25.